The van der Waals surface area contributed by atoms with Gasteiger partial charge < -0.3 is 4.98 Å². The maximum atomic E-state index is 11.0. The fourth-order valence-corrected chi connectivity index (χ4v) is 1.87. The number of pyridine rings is 1. The molecule has 6 heteroatoms. The van der Waals surface area contributed by atoms with E-state index in [1.165, 1.54) is 0 Å². The Morgan fingerprint density at radius 1 is 1.64 bits per heavy atom. The molecule has 0 spiro atoms. The zero-order valence-corrected chi connectivity index (χ0v) is 7.57. The number of rotatable bonds is 0. The van der Waals surface area contributed by atoms with E-state index >= 15 is 0 Å². The summed E-state index contributed by atoms with van der Waals surface area (Å²) in [6.45, 7) is 0. The zero-order chi connectivity index (χ0) is 7.84. The van der Waals surface area contributed by atoms with E-state index in [1.54, 1.807) is 6.20 Å². The molecule has 0 fully saturated rings. The van der Waals surface area contributed by atoms with Gasteiger partial charge in [0.1, 0.15) is 10.2 Å². The first-order valence-electron chi connectivity index (χ1n) is 2.78. The number of H-pyrrole nitrogens is 1. The first-order chi connectivity index (χ1) is 5.29. The van der Waals surface area contributed by atoms with E-state index in [9.17, 15) is 4.79 Å². The molecule has 0 aliphatic heterocycles. The summed E-state index contributed by atoms with van der Waals surface area (Å²) in [5.41, 5.74) is 0.483. The van der Waals surface area contributed by atoms with Crippen molar-refractivity contribution in [1.82, 2.24) is 14.6 Å². The number of hydrogen-bond acceptors (Lipinski definition) is 4. The topological polar surface area (TPSA) is 58.6 Å². The summed E-state index contributed by atoms with van der Waals surface area (Å²) in [5.74, 6) is 0. The summed E-state index contributed by atoms with van der Waals surface area (Å²) >= 11 is 4.34. The van der Waals surface area contributed by atoms with E-state index in [-0.39, 0.29) is 5.56 Å². The van der Waals surface area contributed by atoms with Gasteiger partial charge in [0.15, 0.2) is 0 Å². The minimum Gasteiger partial charge on any atom is -0.327 e. The van der Waals surface area contributed by atoms with E-state index in [4.69, 9.17) is 0 Å². The Morgan fingerprint density at radius 3 is 3.18 bits per heavy atom. The quantitative estimate of drug-likeness (QED) is 0.740. The van der Waals surface area contributed by atoms with Gasteiger partial charge in [-0.3, -0.25) is 4.79 Å². The first kappa shape index (κ1) is 6.93. The van der Waals surface area contributed by atoms with Crippen LogP contribution in [0.2, 0.25) is 0 Å². The molecule has 0 radical (unpaired) electrons. The van der Waals surface area contributed by atoms with Gasteiger partial charge in [-0.2, -0.15) is 0 Å². The molecule has 2 heterocycles. The lowest BCUT2D eigenvalue weighted by Crippen LogP contribution is -2.02. The fraction of sp³-hybridized carbons (Fsp3) is 0. The molecule has 0 aliphatic rings. The molecular formula is C5H2BrN3OS. The van der Waals surface area contributed by atoms with Gasteiger partial charge in [-0.1, -0.05) is 4.49 Å². The maximum Gasteiger partial charge on any atom is 0.269 e. The first-order valence-corrected chi connectivity index (χ1v) is 4.35. The molecule has 0 aromatic carbocycles. The van der Waals surface area contributed by atoms with Gasteiger partial charge in [-0.15, -0.1) is 5.10 Å². The average Bonchev–Trinajstić information content (AvgIpc) is 2.45. The summed E-state index contributed by atoms with van der Waals surface area (Å²) in [4.78, 5) is 13.6. The number of halogens is 1. The van der Waals surface area contributed by atoms with Crippen LogP contribution in [-0.4, -0.2) is 14.6 Å². The van der Waals surface area contributed by atoms with Gasteiger partial charge in [-0.05, 0) is 27.5 Å². The molecule has 2 aromatic rings. The van der Waals surface area contributed by atoms with Crippen LogP contribution in [-0.2, 0) is 0 Å². The summed E-state index contributed by atoms with van der Waals surface area (Å²) in [6, 6.07) is 0. The van der Waals surface area contributed by atoms with Crippen molar-refractivity contribution >= 4 is 37.7 Å². The van der Waals surface area contributed by atoms with Gasteiger partial charge in [0.25, 0.3) is 5.56 Å². The average molecular weight is 232 g/mol. The smallest absolute Gasteiger partial charge is 0.269 e. The Bertz CT molecular complexity index is 448. The SMILES string of the molecule is O=c1[nH]cc(Br)c2nnsc12. The summed E-state index contributed by atoms with van der Waals surface area (Å²) in [7, 11) is 0. The highest BCUT2D eigenvalue weighted by Crippen LogP contribution is 2.18. The lowest BCUT2D eigenvalue weighted by atomic mass is 10.4. The van der Waals surface area contributed by atoms with Crippen molar-refractivity contribution in [1.29, 1.82) is 0 Å². The molecule has 56 valence electrons. The second-order valence-electron chi connectivity index (χ2n) is 1.92. The molecule has 2 aromatic heterocycles. The van der Waals surface area contributed by atoms with E-state index in [1.807, 2.05) is 0 Å². The molecule has 0 atom stereocenters. The minimum absolute atomic E-state index is 0.141. The van der Waals surface area contributed by atoms with Gasteiger partial charge in [0.2, 0.25) is 0 Å². The van der Waals surface area contributed by atoms with Crippen molar-refractivity contribution in [2.75, 3.05) is 0 Å². The second-order valence-corrected chi connectivity index (χ2v) is 3.52. The maximum absolute atomic E-state index is 11.0. The second kappa shape index (κ2) is 2.38. The highest BCUT2D eigenvalue weighted by molar-refractivity contribution is 9.10. The Labute approximate surface area is 73.6 Å². The van der Waals surface area contributed by atoms with Crippen LogP contribution in [0.15, 0.2) is 15.5 Å². The highest BCUT2D eigenvalue weighted by atomic mass is 79.9. The monoisotopic (exact) mass is 231 g/mol. The molecule has 1 N–H and O–H groups in total. The molecule has 4 nitrogen and oxygen atoms in total. The Kier molecular flexibility index (Phi) is 1.50. The van der Waals surface area contributed by atoms with Crippen LogP contribution in [0, 0.1) is 0 Å². The third kappa shape index (κ3) is 0.982. The number of aromatic nitrogens is 3. The molecule has 0 bridgehead atoms. The van der Waals surface area contributed by atoms with E-state index in [0.29, 0.717) is 10.2 Å². The summed E-state index contributed by atoms with van der Waals surface area (Å²) in [6.07, 6.45) is 1.56. The van der Waals surface area contributed by atoms with Crippen LogP contribution in [0.4, 0.5) is 0 Å². The van der Waals surface area contributed by atoms with Crippen LogP contribution in [0.25, 0.3) is 10.2 Å². The number of aromatic amines is 1. The van der Waals surface area contributed by atoms with Crippen LogP contribution in [0.5, 0.6) is 0 Å². The van der Waals surface area contributed by atoms with Gasteiger partial charge in [0, 0.05) is 6.20 Å². The van der Waals surface area contributed by atoms with Gasteiger partial charge in [-0.25, -0.2) is 0 Å². The van der Waals surface area contributed by atoms with Crippen molar-refractivity contribution in [3.63, 3.8) is 0 Å². The van der Waals surface area contributed by atoms with Crippen molar-refractivity contribution < 1.29 is 0 Å². The Balaban J connectivity index is 3.08. The van der Waals surface area contributed by atoms with Crippen LogP contribution in [0.1, 0.15) is 0 Å². The van der Waals surface area contributed by atoms with Crippen molar-refractivity contribution in [2.24, 2.45) is 0 Å². The van der Waals surface area contributed by atoms with E-state index in [0.717, 1.165) is 16.0 Å². The molecule has 0 saturated heterocycles. The molecule has 0 amide bonds. The Hall–Kier alpha value is -0.750. The lowest BCUT2D eigenvalue weighted by Gasteiger charge is -1.87. The van der Waals surface area contributed by atoms with Crippen molar-refractivity contribution in [3.8, 4) is 0 Å². The fourth-order valence-electron chi connectivity index (χ4n) is 0.759. The van der Waals surface area contributed by atoms with E-state index < -0.39 is 0 Å². The predicted molar refractivity (Wildman–Crippen MR) is 45.7 cm³/mol. The molecule has 0 aliphatic carbocycles. The van der Waals surface area contributed by atoms with Crippen molar-refractivity contribution in [3.05, 3.63) is 21.0 Å². The molecule has 2 rings (SSSR count). The van der Waals surface area contributed by atoms with Gasteiger partial charge >= 0.3 is 0 Å². The normalized spacial score (nSPS) is 10.6. The molecule has 0 saturated carbocycles. The lowest BCUT2D eigenvalue weighted by molar-refractivity contribution is 1.18. The standard InChI is InChI=1S/C5H2BrN3OS/c6-2-1-7-5(10)4-3(2)8-9-11-4/h1H,(H,7,10). The van der Waals surface area contributed by atoms with Crippen LogP contribution >= 0.6 is 27.5 Å². The Morgan fingerprint density at radius 2 is 2.45 bits per heavy atom. The minimum atomic E-state index is -0.141. The summed E-state index contributed by atoms with van der Waals surface area (Å²) in [5, 5.41) is 3.78. The molecular weight excluding hydrogens is 230 g/mol. The number of nitrogens with one attached hydrogen (secondary N) is 1. The summed E-state index contributed by atoms with van der Waals surface area (Å²) < 4.78 is 4.98. The van der Waals surface area contributed by atoms with E-state index in [2.05, 4.69) is 30.5 Å². The van der Waals surface area contributed by atoms with Crippen molar-refractivity contribution in [2.45, 2.75) is 0 Å². The number of hydrogen-bond donors (Lipinski definition) is 1. The third-order valence-corrected chi connectivity index (χ3v) is 2.58. The molecule has 11 heavy (non-hydrogen) atoms. The van der Waals surface area contributed by atoms with Gasteiger partial charge in [0.05, 0.1) is 4.47 Å². The largest absolute Gasteiger partial charge is 0.327 e. The number of fused-ring (bicyclic) bond motifs is 1. The number of nitrogens with zero attached hydrogens (tertiary/aromatic N) is 2. The highest BCUT2D eigenvalue weighted by Gasteiger charge is 2.05. The predicted octanol–water partition coefficient (Wildman–Crippen LogP) is 1.14. The molecule has 0 unspecified atom stereocenters. The van der Waals surface area contributed by atoms with Crippen LogP contribution in [0.3, 0.4) is 0 Å². The zero-order valence-electron chi connectivity index (χ0n) is 5.17. The van der Waals surface area contributed by atoms with Crippen LogP contribution < -0.4 is 5.56 Å². The third-order valence-electron chi connectivity index (χ3n) is 1.25.